The SMILES string of the molecule is CNCCC(=O)NC(C)Cc1ccccc1F.Cl. The maximum atomic E-state index is 13.4. The van der Waals surface area contributed by atoms with Crippen LogP contribution in [-0.4, -0.2) is 25.5 Å². The Kier molecular flexibility index (Phi) is 8.33. The first-order chi connectivity index (χ1) is 8.13. The molecule has 1 rings (SSSR count). The van der Waals surface area contributed by atoms with Crippen LogP contribution in [0, 0.1) is 5.82 Å². The van der Waals surface area contributed by atoms with E-state index in [0.717, 1.165) is 0 Å². The topological polar surface area (TPSA) is 41.1 Å². The minimum Gasteiger partial charge on any atom is -0.353 e. The quantitative estimate of drug-likeness (QED) is 0.832. The maximum absolute atomic E-state index is 13.4. The van der Waals surface area contributed by atoms with Crippen molar-refractivity contribution in [2.75, 3.05) is 13.6 Å². The Bertz CT molecular complexity index is 374. The molecule has 18 heavy (non-hydrogen) atoms. The monoisotopic (exact) mass is 274 g/mol. The fraction of sp³-hybridized carbons (Fsp3) is 0.462. The summed E-state index contributed by atoms with van der Waals surface area (Å²) in [5, 5.41) is 5.75. The van der Waals surface area contributed by atoms with E-state index in [9.17, 15) is 9.18 Å². The molecule has 1 atom stereocenters. The Morgan fingerprint density at radius 2 is 2.06 bits per heavy atom. The summed E-state index contributed by atoms with van der Waals surface area (Å²) < 4.78 is 13.4. The Morgan fingerprint density at radius 3 is 2.67 bits per heavy atom. The first-order valence-corrected chi connectivity index (χ1v) is 5.81. The van der Waals surface area contributed by atoms with Gasteiger partial charge in [-0.1, -0.05) is 18.2 Å². The van der Waals surface area contributed by atoms with E-state index >= 15 is 0 Å². The largest absolute Gasteiger partial charge is 0.353 e. The predicted molar refractivity (Wildman–Crippen MR) is 73.5 cm³/mol. The highest BCUT2D eigenvalue weighted by atomic mass is 35.5. The minimum absolute atomic E-state index is 0. The van der Waals surface area contributed by atoms with E-state index in [1.807, 2.05) is 6.92 Å². The van der Waals surface area contributed by atoms with Crippen LogP contribution in [0.15, 0.2) is 24.3 Å². The van der Waals surface area contributed by atoms with Gasteiger partial charge in [0.2, 0.25) is 5.91 Å². The summed E-state index contributed by atoms with van der Waals surface area (Å²) in [5.41, 5.74) is 0.633. The van der Waals surface area contributed by atoms with Crippen LogP contribution in [0.4, 0.5) is 4.39 Å². The van der Waals surface area contributed by atoms with Gasteiger partial charge in [-0.3, -0.25) is 4.79 Å². The van der Waals surface area contributed by atoms with Gasteiger partial charge in [-0.2, -0.15) is 0 Å². The molecule has 5 heteroatoms. The van der Waals surface area contributed by atoms with Gasteiger partial charge in [0.15, 0.2) is 0 Å². The van der Waals surface area contributed by atoms with Crippen LogP contribution in [0.3, 0.4) is 0 Å². The molecule has 0 saturated carbocycles. The number of carbonyl (C=O) groups excluding carboxylic acids is 1. The van der Waals surface area contributed by atoms with Gasteiger partial charge >= 0.3 is 0 Å². The third-order valence-electron chi connectivity index (χ3n) is 2.49. The zero-order chi connectivity index (χ0) is 12.7. The first-order valence-electron chi connectivity index (χ1n) is 5.81. The summed E-state index contributed by atoms with van der Waals surface area (Å²) in [6.07, 6.45) is 0.954. The van der Waals surface area contributed by atoms with Crippen molar-refractivity contribution in [1.82, 2.24) is 10.6 Å². The number of hydrogen-bond acceptors (Lipinski definition) is 2. The molecule has 0 aliphatic heterocycles. The second-order valence-electron chi connectivity index (χ2n) is 4.12. The van der Waals surface area contributed by atoms with Crippen molar-refractivity contribution < 1.29 is 9.18 Å². The van der Waals surface area contributed by atoms with Gasteiger partial charge in [-0.25, -0.2) is 4.39 Å². The van der Waals surface area contributed by atoms with Crippen LogP contribution in [-0.2, 0) is 11.2 Å². The lowest BCUT2D eigenvalue weighted by molar-refractivity contribution is -0.121. The Morgan fingerprint density at radius 1 is 1.39 bits per heavy atom. The molecule has 0 spiro atoms. The first kappa shape index (κ1) is 16.9. The molecule has 1 amide bonds. The lowest BCUT2D eigenvalue weighted by Crippen LogP contribution is -2.35. The molecule has 2 N–H and O–H groups in total. The van der Waals surface area contributed by atoms with Crippen LogP contribution >= 0.6 is 12.4 Å². The van der Waals surface area contributed by atoms with Crippen LogP contribution < -0.4 is 10.6 Å². The number of halogens is 2. The van der Waals surface area contributed by atoms with E-state index < -0.39 is 0 Å². The van der Waals surface area contributed by atoms with E-state index in [0.29, 0.717) is 24.9 Å². The fourth-order valence-electron chi connectivity index (χ4n) is 1.63. The number of carbonyl (C=O) groups is 1. The van der Waals surface area contributed by atoms with Crippen molar-refractivity contribution >= 4 is 18.3 Å². The second-order valence-corrected chi connectivity index (χ2v) is 4.12. The molecule has 102 valence electrons. The molecular weight excluding hydrogens is 255 g/mol. The zero-order valence-corrected chi connectivity index (χ0v) is 11.5. The van der Waals surface area contributed by atoms with Gasteiger partial charge in [0.25, 0.3) is 0 Å². The average molecular weight is 275 g/mol. The summed E-state index contributed by atoms with van der Waals surface area (Å²) in [6.45, 7) is 2.53. The Labute approximate surface area is 114 Å². The number of benzene rings is 1. The zero-order valence-electron chi connectivity index (χ0n) is 10.7. The van der Waals surface area contributed by atoms with Gasteiger partial charge < -0.3 is 10.6 Å². The van der Waals surface area contributed by atoms with Crippen LogP contribution in [0.25, 0.3) is 0 Å². The number of rotatable bonds is 6. The summed E-state index contributed by atoms with van der Waals surface area (Å²) in [6, 6.07) is 6.58. The summed E-state index contributed by atoms with van der Waals surface area (Å²) in [5.74, 6) is -0.230. The molecule has 1 aromatic rings. The molecule has 0 aromatic heterocycles. The molecular formula is C13H20ClFN2O. The molecule has 0 heterocycles. The second kappa shape index (κ2) is 8.89. The number of nitrogens with one attached hydrogen (secondary N) is 2. The van der Waals surface area contributed by atoms with Crippen molar-refractivity contribution in [2.45, 2.75) is 25.8 Å². The molecule has 1 aromatic carbocycles. The third kappa shape index (κ3) is 5.98. The van der Waals surface area contributed by atoms with E-state index in [1.54, 1.807) is 25.2 Å². The molecule has 0 bridgehead atoms. The van der Waals surface area contributed by atoms with Gasteiger partial charge in [0.05, 0.1) is 0 Å². The minimum atomic E-state index is -0.219. The molecule has 3 nitrogen and oxygen atoms in total. The van der Waals surface area contributed by atoms with Gasteiger partial charge in [-0.15, -0.1) is 12.4 Å². The van der Waals surface area contributed by atoms with Crippen molar-refractivity contribution in [3.8, 4) is 0 Å². The maximum Gasteiger partial charge on any atom is 0.221 e. The van der Waals surface area contributed by atoms with Gasteiger partial charge in [-0.05, 0) is 32.0 Å². The van der Waals surface area contributed by atoms with Gasteiger partial charge in [0.1, 0.15) is 5.82 Å². The molecule has 1 unspecified atom stereocenters. The highest BCUT2D eigenvalue weighted by Crippen LogP contribution is 2.08. The van der Waals surface area contributed by atoms with E-state index in [-0.39, 0.29) is 30.2 Å². The van der Waals surface area contributed by atoms with E-state index in [4.69, 9.17) is 0 Å². The lowest BCUT2D eigenvalue weighted by atomic mass is 10.1. The number of amides is 1. The Hall–Kier alpha value is -1.13. The van der Waals surface area contributed by atoms with Crippen LogP contribution in [0.2, 0.25) is 0 Å². The van der Waals surface area contributed by atoms with E-state index in [2.05, 4.69) is 10.6 Å². The molecule has 0 fully saturated rings. The Balaban J connectivity index is 0.00000289. The number of hydrogen-bond donors (Lipinski definition) is 2. The molecule has 0 aliphatic carbocycles. The summed E-state index contributed by atoms with van der Waals surface area (Å²) >= 11 is 0. The van der Waals surface area contributed by atoms with Crippen molar-refractivity contribution in [3.05, 3.63) is 35.6 Å². The highest BCUT2D eigenvalue weighted by Gasteiger charge is 2.09. The molecule has 0 aliphatic rings. The third-order valence-corrected chi connectivity index (χ3v) is 2.49. The van der Waals surface area contributed by atoms with Crippen LogP contribution in [0.1, 0.15) is 18.9 Å². The van der Waals surface area contributed by atoms with Gasteiger partial charge in [0, 0.05) is 19.0 Å². The predicted octanol–water partition coefficient (Wildman–Crippen LogP) is 1.90. The standard InChI is InChI=1S/C13H19FN2O.ClH/c1-10(16-13(17)7-8-15-2)9-11-5-3-4-6-12(11)14;/h3-6,10,15H,7-9H2,1-2H3,(H,16,17);1H. The van der Waals surface area contributed by atoms with Crippen molar-refractivity contribution in [1.29, 1.82) is 0 Å². The highest BCUT2D eigenvalue weighted by molar-refractivity contribution is 5.85. The average Bonchev–Trinajstić information content (AvgIpc) is 2.29. The molecule has 0 saturated heterocycles. The fourth-order valence-corrected chi connectivity index (χ4v) is 1.63. The lowest BCUT2D eigenvalue weighted by Gasteiger charge is -2.14. The van der Waals surface area contributed by atoms with E-state index in [1.165, 1.54) is 6.07 Å². The van der Waals surface area contributed by atoms with Crippen molar-refractivity contribution in [2.24, 2.45) is 0 Å². The normalized spacial score (nSPS) is 11.5. The summed E-state index contributed by atoms with van der Waals surface area (Å²) in [7, 11) is 1.80. The summed E-state index contributed by atoms with van der Waals surface area (Å²) in [4.78, 5) is 11.4. The van der Waals surface area contributed by atoms with Crippen LogP contribution in [0.5, 0.6) is 0 Å². The molecule has 0 radical (unpaired) electrons. The van der Waals surface area contributed by atoms with Crippen molar-refractivity contribution in [3.63, 3.8) is 0 Å². The smallest absolute Gasteiger partial charge is 0.221 e.